The number of aromatic nitrogens is 3. The molecule has 0 spiro atoms. The lowest BCUT2D eigenvalue weighted by atomic mass is 9.98. The first-order valence-corrected chi connectivity index (χ1v) is 20.3. The molecule has 8 rings (SSSR count). The van der Waals surface area contributed by atoms with Crippen molar-refractivity contribution in [1.29, 1.82) is 0 Å². The summed E-state index contributed by atoms with van der Waals surface area (Å²) in [6.45, 7) is 2.86. The van der Waals surface area contributed by atoms with Crippen LogP contribution in [0.25, 0.3) is 32.8 Å². The maximum absolute atomic E-state index is 16.2. The molecule has 0 atom stereocenters. The van der Waals surface area contributed by atoms with Gasteiger partial charge >= 0.3 is 5.97 Å². The molecule has 1 saturated carbocycles. The molecule has 0 amide bonds. The van der Waals surface area contributed by atoms with E-state index in [2.05, 4.69) is 14.9 Å². The third-order valence-electron chi connectivity index (χ3n) is 9.68. The molecule has 296 valence electrons. The highest BCUT2D eigenvalue weighted by Crippen LogP contribution is 2.41. The second-order valence-corrected chi connectivity index (χ2v) is 16.2. The van der Waals surface area contributed by atoms with Crippen molar-refractivity contribution in [3.63, 3.8) is 0 Å². The fourth-order valence-corrected chi connectivity index (χ4v) is 8.37. The molecule has 0 radical (unpaired) electrons. The van der Waals surface area contributed by atoms with Crippen LogP contribution < -0.4 is 21.8 Å². The maximum atomic E-state index is 16.2. The second-order valence-electron chi connectivity index (χ2n) is 13.4. The van der Waals surface area contributed by atoms with E-state index in [4.69, 9.17) is 25.3 Å². The minimum atomic E-state index is -4.47. The van der Waals surface area contributed by atoms with Crippen molar-refractivity contribution in [2.75, 3.05) is 29.5 Å². The first kappa shape index (κ1) is 39.2. The van der Waals surface area contributed by atoms with E-state index in [0.717, 1.165) is 47.9 Å². The molecule has 6 N–H and O–H groups in total. The Balaban J connectivity index is 0.000000231. The third kappa shape index (κ3) is 7.61. The number of fused-ring (bicyclic) bond motifs is 3. The summed E-state index contributed by atoms with van der Waals surface area (Å²) in [5.41, 5.74) is 13.3. The summed E-state index contributed by atoms with van der Waals surface area (Å²) in [5, 5.41) is -0.132. The van der Waals surface area contributed by atoms with E-state index >= 15 is 8.78 Å². The molecular formula is C38H34F2N6O9S2. The third-order valence-corrected chi connectivity index (χ3v) is 11.5. The Labute approximate surface area is 324 Å². The molecule has 57 heavy (non-hydrogen) atoms. The molecule has 1 fully saturated rings. The van der Waals surface area contributed by atoms with Gasteiger partial charge in [0.05, 0.1) is 23.1 Å². The van der Waals surface area contributed by atoms with Crippen LogP contribution in [0.3, 0.4) is 0 Å². The van der Waals surface area contributed by atoms with Crippen molar-refractivity contribution >= 4 is 65.3 Å². The van der Waals surface area contributed by atoms with Crippen LogP contribution in [0.15, 0.2) is 87.6 Å². The molecule has 6 aromatic rings. The monoisotopic (exact) mass is 820 g/mol. The molecule has 15 nitrogen and oxygen atoms in total. The number of carbonyl (C=O) groups is 1. The number of nitrogens with zero attached hydrogens (tertiary/aromatic N) is 4. The number of anilines is 3. The lowest BCUT2D eigenvalue weighted by Gasteiger charge is -2.20. The van der Waals surface area contributed by atoms with Crippen molar-refractivity contribution < 1.29 is 44.3 Å². The standard InChI is InChI=1S/C28H26F2N6O3.C10H8O6S2/c1-2-39-27(38)19-13-36(17-4-5-17)24-18(25(19)37)10-20(29)22(23(24)30)15-3-6-21-14(9-15)7-8-35(21)12-16-11-33-28(32)34-26(16)31;11-17(12,13)9-5-1-3-7-8(9)4-2-6-10(7)18(14,15)16/h3,6,9-11,13,17H,2,4-5,7-8,12H2,1H3,(H4,31,32,33,34);1-6H,(H,11,12,13)(H,14,15,16). The number of nitrogens with two attached hydrogens (primary N) is 2. The van der Waals surface area contributed by atoms with Crippen LogP contribution in [0.5, 0.6) is 0 Å². The van der Waals surface area contributed by atoms with E-state index in [-0.39, 0.29) is 51.4 Å². The predicted octanol–water partition coefficient (Wildman–Crippen LogP) is 5.31. The van der Waals surface area contributed by atoms with Crippen LogP contribution in [0.1, 0.15) is 47.3 Å². The molecule has 4 aromatic carbocycles. The Kier molecular flexibility index (Phi) is 10.2. The molecule has 1 aliphatic heterocycles. The molecule has 0 unspecified atom stereocenters. The number of rotatable bonds is 8. The van der Waals surface area contributed by atoms with Gasteiger partial charge in [-0.25, -0.2) is 18.6 Å². The largest absolute Gasteiger partial charge is 0.462 e. The molecular weight excluding hydrogens is 787 g/mol. The minimum absolute atomic E-state index is 0.00657. The Hall–Kier alpha value is -6.02. The second kappa shape index (κ2) is 14.8. The quantitative estimate of drug-likeness (QED) is 0.113. The Morgan fingerprint density at radius 2 is 1.60 bits per heavy atom. The van der Waals surface area contributed by atoms with Crippen LogP contribution in [-0.2, 0) is 37.9 Å². The van der Waals surface area contributed by atoms with Crippen LogP contribution in [0.2, 0.25) is 0 Å². The number of benzene rings is 4. The topological polar surface area (TPSA) is 238 Å². The van der Waals surface area contributed by atoms with Gasteiger partial charge in [0.25, 0.3) is 20.2 Å². The summed E-state index contributed by atoms with van der Waals surface area (Å²) in [6.07, 6.45) is 5.15. The van der Waals surface area contributed by atoms with Crippen molar-refractivity contribution in [2.24, 2.45) is 0 Å². The number of carbonyl (C=O) groups excluding carboxylic acids is 1. The number of hydrogen-bond donors (Lipinski definition) is 4. The summed E-state index contributed by atoms with van der Waals surface area (Å²) in [5.74, 6) is -2.10. The average molecular weight is 821 g/mol. The number of ether oxygens (including phenoxy) is 1. The van der Waals surface area contributed by atoms with Crippen LogP contribution >= 0.6 is 0 Å². The maximum Gasteiger partial charge on any atom is 0.343 e. The number of nitrogen functional groups attached to an aromatic ring is 2. The molecule has 19 heteroatoms. The van der Waals surface area contributed by atoms with Gasteiger partial charge in [-0.3, -0.25) is 13.9 Å². The van der Waals surface area contributed by atoms with Gasteiger partial charge in [0.1, 0.15) is 27.0 Å². The van der Waals surface area contributed by atoms with Gasteiger partial charge < -0.3 is 25.7 Å². The Bertz CT molecular complexity index is 2850. The predicted molar refractivity (Wildman–Crippen MR) is 207 cm³/mol. The fraction of sp³-hybridized carbons (Fsp3) is 0.211. The number of esters is 1. The molecule has 0 saturated heterocycles. The highest BCUT2D eigenvalue weighted by atomic mass is 32.2. The van der Waals surface area contributed by atoms with Gasteiger partial charge in [0.2, 0.25) is 11.4 Å². The molecule has 1 aliphatic carbocycles. The lowest BCUT2D eigenvalue weighted by molar-refractivity contribution is 0.0524. The van der Waals surface area contributed by atoms with Crippen LogP contribution in [-0.4, -0.2) is 59.6 Å². The van der Waals surface area contributed by atoms with E-state index in [1.54, 1.807) is 29.8 Å². The summed E-state index contributed by atoms with van der Waals surface area (Å²) in [4.78, 5) is 34.8. The highest BCUT2D eigenvalue weighted by Gasteiger charge is 2.31. The van der Waals surface area contributed by atoms with Gasteiger partial charge in [-0.2, -0.15) is 21.8 Å². The molecule has 2 aromatic heterocycles. The summed E-state index contributed by atoms with van der Waals surface area (Å²) >= 11 is 0. The van der Waals surface area contributed by atoms with E-state index in [1.165, 1.54) is 30.5 Å². The molecule has 3 heterocycles. The smallest absolute Gasteiger partial charge is 0.343 e. The van der Waals surface area contributed by atoms with E-state index < -0.39 is 53.1 Å². The SMILES string of the molecule is CCOC(=O)c1cn(C2CC2)c2c(F)c(-c3ccc4c(c3)CCN4Cc3cnc(N)nc3N)c(F)cc2c1=O.O=S(=O)(O)c1cccc2c(S(=O)(=O)O)cccc12. The molecule has 2 aliphatic rings. The average Bonchev–Trinajstić information content (AvgIpc) is 3.92. The van der Waals surface area contributed by atoms with Crippen molar-refractivity contribution in [1.82, 2.24) is 14.5 Å². The van der Waals surface area contributed by atoms with E-state index in [9.17, 15) is 26.4 Å². The zero-order valence-electron chi connectivity index (χ0n) is 30.0. The van der Waals surface area contributed by atoms with Gasteiger partial charge in [0, 0.05) is 53.5 Å². The van der Waals surface area contributed by atoms with Crippen LogP contribution in [0.4, 0.5) is 26.2 Å². The van der Waals surface area contributed by atoms with Crippen molar-refractivity contribution in [3.8, 4) is 11.1 Å². The van der Waals surface area contributed by atoms with E-state index in [1.807, 2.05) is 6.07 Å². The Morgan fingerprint density at radius 3 is 2.18 bits per heavy atom. The van der Waals surface area contributed by atoms with Crippen LogP contribution in [0, 0.1) is 11.6 Å². The molecule has 0 bridgehead atoms. The summed E-state index contributed by atoms with van der Waals surface area (Å²) < 4.78 is 101. The highest BCUT2D eigenvalue weighted by molar-refractivity contribution is 7.86. The number of halogens is 2. The van der Waals surface area contributed by atoms with Gasteiger partial charge in [-0.15, -0.1) is 0 Å². The minimum Gasteiger partial charge on any atom is -0.462 e. The Morgan fingerprint density at radius 1 is 0.947 bits per heavy atom. The van der Waals surface area contributed by atoms with E-state index in [0.29, 0.717) is 30.9 Å². The lowest BCUT2D eigenvalue weighted by Crippen LogP contribution is -2.22. The normalized spacial score (nSPS) is 14.0. The number of hydrogen-bond acceptors (Lipinski definition) is 12. The van der Waals surface area contributed by atoms with Gasteiger partial charge in [0.15, 0.2) is 5.82 Å². The number of pyridine rings is 1. The van der Waals surface area contributed by atoms with Gasteiger partial charge in [-0.05, 0) is 67.6 Å². The van der Waals surface area contributed by atoms with Crippen molar-refractivity contribution in [3.05, 3.63) is 112 Å². The first-order valence-electron chi connectivity index (χ1n) is 17.4. The zero-order chi connectivity index (χ0) is 41.0. The van der Waals surface area contributed by atoms with Gasteiger partial charge in [-0.1, -0.05) is 30.3 Å². The first-order chi connectivity index (χ1) is 27.0. The summed E-state index contributed by atoms with van der Waals surface area (Å²) in [6, 6.07) is 13.7. The zero-order valence-corrected chi connectivity index (χ0v) is 31.6. The fourth-order valence-electron chi connectivity index (χ4n) is 6.95. The van der Waals surface area contributed by atoms with Crippen molar-refractivity contribution in [2.45, 2.75) is 48.6 Å². The summed E-state index contributed by atoms with van der Waals surface area (Å²) in [7, 11) is -8.94.